The Morgan fingerprint density at radius 1 is 1.57 bits per heavy atom. The SMILES string of the molecule is CCC1NCC(C(C)C)CC1C(=O)O. The zero-order valence-corrected chi connectivity index (χ0v) is 9.29. The van der Waals surface area contributed by atoms with Crippen molar-refractivity contribution in [3.63, 3.8) is 0 Å². The van der Waals surface area contributed by atoms with E-state index in [1.54, 1.807) is 0 Å². The van der Waals surface area contributed by atoms with Gasteiger partial charge < -0.3 is 10.4 Å². The van der Waals surface area contributed by atoms with E-state index in [0.717, 1.165) is 19.4 Å². The summed E-state index contributed by atoms with van der Waals surface area (Å²) < 4.78 is 0. The van der Waals surface area contributed by atoms with Crippen LogP contribution in [0.25, 0.3) is 0 Å². The van der Waals surface area contributed by atoms with Gasteiger partial charge in [-0.1, -0.05) is 20.8 Å². The molecule has 0 aromatic carbocycles. The second-order valence-electron chi connectivity index (χ2n) is 4.61. The Morgan fingerprint density at radius 3 is 2.64 bits per heavy atom. The Kier molecular flexibility index (Phi) is 3.93. The van der Waals surface area contributed by atoms with Crippen LogP contribution in [0.5, 0.6) is 0 Å². The Labute approximate surface area is 85.9 Å². The van der Waals surface area contributed by atoms with E-state index in [1.807, 2.05) is 6.92 Å². The summed E-state index contributed by atoms with van der Waals surface area (Å²) in [4.78, 5) is 11.1. The smallest absolute Gasteiger partial charge is 0.308 e. The lowest BCUT2D eigenvalue weighted by atomic mass is 9.79. The van der Waals surface area contributed by atoms with Crippen molar-refractivity contribution in [1.29, 1.82) is 0 Å². The van der Waals surface area contributed by atoms with Crippen molar-refractivity contribution in [3.05, 3.63) is 0 Å². The Balaban J connectivity index is 2.62. The summed E-state index contributed by atoms with van der Waals surface area (Å²) in [5.74, 6) is 0.247. The van der Waals surface area contributed by atoms with E-state index in [4.69, 9.17) is 5.11 Å². The minimum Gasteiger partial charge on any atom is -0.481 e. The van der Waals surface area contributed by atoms with Crippen LogP contribution < -0.4 is 5.32 Å². The molecule has 1 fully saturated rings. The van der Waals surface area contributed by atoms with Crippen molar-refractivity contribution in [2.45, 2.75) is 39.7 Å². The minimum atomic E-state index is -0.644. The molecule has 0 aromatic heterocycles. The zero-order chi connectivity index (χ0) is 10.7. The number of aliphatic carboxylic acids is 1. The van der Waals surface area contributed by atoms with Crippen LogP contribution in [0.2, 0.25) is 0 Å². The third-order valence-electron chi connectivity index (χ3n) is 3.38. The molecule has 14 heavy (non-hydrogen) atoms. The topological polar surface area (TPSA) is 49.3 Å². The molecule has 0 bridgehead atoms. The molecule has 3 atom stereocenters. The van der Waals surface area contributed by atoms with Gasteiger partial charge in [-0.2, -0.15) is 0 Å². The zero-order valence-electron chi connectivity index (χ0n) is 9.29. The van der Waals surface area contributed by atoms with Gasteiger partial charge in [0.1, 0.15) is 0 Å². The van der Waals surface area contributed by atoms with E-state index in [0.29, 0.717) is 11.8 Å². The molecule has 0 amide bonds. The highest BCUT2D eigenvalue weighted by molar-refractivity contribution is 5.71. The summed E-state index contributed by atoms with van der Waals surface area (Å²) in [6.07, 6.45) is 1.74. The molecular formula is C11H21NO2. The monoisotopic (exact) mass is 199 g/mol. The van der Waals surface area contributed by atoms with Gasteiger partial charge in [0.25, 0.3) is 0 Å². The Morgan fingerprint density at radius 2 is 2.21 bits per heavy atom. The third-order valence-corrected chi connectivity index (χ3v) is 3.38. The van der Waals surface area contributed by atoms with Crippen LogP contribution in [0.3, 0.4) is 0 Å². The van der Waals surface area contributed by atoms with Gasteiger partial charge in [0.05, 0.1) is 5.92 Å². The molecule has 0 radical (unpaired) electrons. The Hall–Kier alpha value is -0.570. The van der Waals surface area contributed by atoms with Crippen LogP contribution in [0, 0.1) is 17.8 Å². The number of piperidine rings is 1. The molecule has 1 rings (SSSR count). The fourth-order valence-corrected chi connectivity index (χ4v) is 2.23. The summed E-state index contributed by atoms with van der Waals surface area (Å²) in [7, 11) is 0. The normalized spacial score (nSPS) is 33.3. The maximum absolute atomic E-state index is 11.1. The largest absolute Gasteiger partial charge is 0.481 e. The predicted octanol–water partition coefficient (Wildman–Crippen LogP) is 1.73. The molecule has 0 saturated carbocycles. The third kappa shape index (κ3) is 2.47. The molecule has 1 aliphatic heterocycles. The fraction of sp³-hybridized carbons (Fsp3) is 0.909. The molecule has 0 spiro atoms. The maximum Gasteiger partial charge on any atom is 0.308 e. The number of carbonyl (C=O) groups is 1. The average molecular weight is 199 g/mol. The highest BCUT2D eigenvalue weighted by Crippen LogP contribution is 2.27. The van der Waals surface area contributed by atoms with Crippen molar-refractivity contribution >= 4 is 5.97 Å². The first-order chi connectivity index (χ1) is 6.56. The van der Waals surface area contributed by atoms with Gasteiger partial charge in [-0.3, -0.25) is 4.79 Å². The first-order valence-electron chi connectivity index (χ1n) is 5.52. The van der Waals surface area contributed by atoms with E-state index in [2.05, 4.69) is 19.2 Å². The molecule has 2 N–H and O–H groups in total. The molecule has 1 aliphatic rings. The highest BCUT2D eigenvalue weighted by Gasteiger charge is 2.34. The van der Waals surface area contributed by atoms with Gasteiger partial charge in [-0.25, -0.2) is 0 Å². The van der Waals surface area contributed by atoms with Crippen molar-refractivity contribution in [2.75, 3.05) is 6.54 Å². The van der Waals surface area contributed by atoms with Crippen LogP contribution in [-0.2, 0) is 4.79 Å². The minimum absolute atomic E-state index is 0.169. The number of carboxylic acids is 1. The number of nitrogens with one attached hydrogen (secondary N) is 1. The first-order valence-corrected chi connectivity index (χ1v) is 5.52. The second kappa shape index (κ2) is 4.78. The lowest BCUT2D eigenvalue weighted by Gasteiger charge is -2.36. The van der Waals surface area contributed by atoms with Crippen LogP contribution in [0.15, 0.2) is 0 Å². The Bertz CT molecular complexity index is 203. The predicted molar refractivity (Wildman–Crippen MR) is 56.2 cm³/mol. The van der Waals surface area contributed by atoms with Gasteiger partial charge in [0.2, 0.25) is 0 Å². The van der Waals surface area contributed by atoms with Gasteiger partial charge in [0.15, 0.2) is 0 Å². The lowest BCUT2D eigenvalue weighted by Crippen LogP contribution is -2.49. The van der Waals surface area contributed by atoms with E-state index < -0.39 is 5.97 Å². The van der Waals surface area contributed by atoms with Crippen LogP contribution in [0.4, 0.5) is 0 Å². The molecule has 1 saturated heterocycles. The van der Waals surface area contributed by atoms with Gasteiger partial charge >= 0.3 is 5.97 Å². The summed E-state index contributed by atoms with van der Waals surface area (Å²) in [5, 5.41) is 12.5. The van der Waals surface area contributed by atoms with Crippen molar-refractivity contribution in [2.24, 2.45) is 17.8 Å². The molecule has 82 valence electrons. The number of carboxylic acid groups (broad SMARTS) is 1. The van der Waals surface area contributed by atoms with Crippen molar-refractivity contribution in [1.82, 2.24) is 5.32 Å². The highest BCUT2D eigenvalue weighted by atomic mass is 16.4. The van der Waals surface area contributed by atoms with Crippen LogP contribution in [0.1, 0.15) is 33.6 Å². The molecule has 1 heterocycles. The van der Waals surface area contributed by atoms with Gasteiger partial charge in [0, 0.05) is 6.04 Å². The van der Waals surface area contributed by atoms with Crippen molar-refractivity contribution in [3.8, 4) is 0 Å². The first kappa shape index (κ1) is 11.5. The van der Waals surface area contributed by atoms with E-state index >= 15 is 0 Å². The van der Waals surface area contributed by atoms with Crippen LogP contribution in [-0.4, -0.2) is 23.7 Å². The molecule has 0 aromatic rings. The number of rotatable bonds is 3. The molecule has 0 aliphatic carbocycles. The van der Waals surface area contributed by atoms with E-state index in [1.165, 1.54) is 0 Å². The van der Waals surface area contributed by atoms with E-state index in [9.17, 15) is 4.79 Å². The average Bonchev–Trinajstić information content (AvgIpc) is 2.16. The van der Waals surface area contributed by atoms with Crippen LogP contribution >= 0.6 is 0 Å². The molecule has 3 unspecified atom stereocenters. The number of hydrogen-bond donors (Lipinski definition) is 2. The second-order valence-corrected chi connectivity index (χ2v) is 4.61. The quantitative estimate of drug-likeness (QED) is 0.727. The van der Waals surface area contributed by atoms with E-state index in [-0.39, 0.29) is 12.0 Å². The molecular weight excluding hydrogens is 178 g/mol. The summed E-state index contributed by atoms with van der Waals surface area (Å²) in [6.45, 7) is 7.35. The molecule has 3 nitrogen and oxygen atoms in total. The fourth-order valence-electron chi connectivity index (χ4n) is 2.23. The van der Waals surface area contributed by atoms with Gasteiger partial charge in [-0.05, 0) is 31.2 Å². The van der Waals surface area contributed by atoms with Gasteiger partial charge in [-0.15, -0.1) is 0 Å². The summed E-state index contributed by atoms with van der Waals surface area (Å²) in [5.41, 5.74) is 0. The van der Waals surface area contributed by atoms with Crippen molar-refractivity contribution < 1.29 is 9.90 Å². The lowest BCUT2D eigenvalue weighted by molar-refractivity contribution is -0.144. The summed E-state index contributed by atoms with van der Waals surface area (Å²) >= 11 is 0. The maximum atomic E-state index is 11.1. The number of hydrogen-bond acceptors (Lipinski definition) is 2. The standard InChI is InChI=1S/C11H21NO2/c1-4-10-9(11(13)14)5-8(6-12-10)7(2)3/h7-10,12H,4-6H2,1-3H3,(H,13,14). The summed E-state index contributed by atoms with van der Waals surface area (Å²) in [6, 6.07) is 0.169. The molecule has 3 heteroatoms.